The predicted molar refractivity (Wildman–Crippen MR) is 96.0 cm³/mol. The molecule has 0 spiro atoms. The zero-order chi connectivity index (χ0) is 15.5. The van der Waals surface area contributed by atoms with Crippen LogP contribution in [0.2, 0.25) is 0 Å². The van der Waals surface area contributed by atoms with Crippen LogP contribution in [0.4, 0.5) is 5.69 Å². The highest BCUT2D eigenvalue weighted by atomic mass is 32.2. The summed E-state index contributed by atoms with van der Waals surface area (Å²) in [7, 11) is 0. The van der Waals surface area contributed by atoms with Crippen LogP contribution in [-0.4, -0.2) is 17.1 Å². The van der Waals surface area contributed by atoms with Gasteiger partial charge in [-0.3, -0.25) is 4.79 Å². The smallest absolute Gasteiger partial charge is 0.255 e. The molecule has 3 aromatic rings. The van der Waals surface area contributed by atoms with Gasteiger partial charge in [-0.1, -0.05) is 12.1 Å². The average molecular weight is 328 g/mol. The van der Waals surface area contributed by atoms with Crippen LogP contribution in [0.3, 0.4) is 0 Å². The first-order valence-electron chi connectivity index (χ1n) is 6.92. The van der Waals surface area contributed by atoms with Crippen molar-refractivity contribution in [3.63, 3.8) is 0 Å². The molecule has 0 bridgehead atoms. The molecule has 3 nitrogen and oxygen atoms in total. The van der Waals surface area contributed by atoms with E-state index in [0.29, 0.717) is 5.56 Å². The van der Waals surface area contributed by atoms with Crippen LogP contribution in [0.1, 0.15) is 20.9 Å². The summed E-state index contributed by atoms with van der Waals surface area (Å²) in [6.45, 7) is 1.99. The number of fused-ring (bicyclic) bond motifs is 1. The number of nitrogens with zero attached hydrogens (tertiary/aromatic N) is 1. The number of carbonyl (C=O) groups excluding carboxylic acids is 1. The third-order valence-electron chi connectivity index (χ3n) is 3.28. The molecule has 2 aromatic carbocycles. The molecule has 0 saturated heterocycles. The van der Waals surface area contributed by atoms with Gasteiger partial charge in [-0.25, -0.2) is 4.98 Å². The molecule has 0 aliphatic rings. The largest absolute Gasteiger partial charge is 0.322 e. The summed E-state index contributed by atoms with van der Waals surface area (Å²) >= 11 is 3.40. The molecule has 0 unspecified atom stereocenters. The Bertz CT molecular complexity index is 809. The minimum absolute atomic E-state index is 0.0868. The Kier molecular flexibility index (Phi) is 4.45. The molecule has 22 heavy (non-hydrogen) atoms. The first-order valence-corrected chi connectivity index (χ1v) is 9.13. The van der Waals surface area contributed by atoms with E-state index in [-0.39, 0.29) is 5.91 Å². The first-order chi connectivity index (χ1) is 10.7. The number of anilines is 1. The Morgan fingerprint density at radius 3 is 2.73 bits per heavy atom. The van der Waals surface area contributed by atoms with E-state index in [1.54, 1.807) is 23.1 Å². The monoisotopic (exact) mass is 328 g/mol. The summed E-state index contributed by atoms with van der Waals surface area (Å²) in [5, 5.41) is 3.98. The van der Waals surface area contributed by atoms with E-state index >= 15 is 0 Å². The van der Waals surface area contributed by atoms with E-state index in [1.807, 2.05) is 49.4 Å². The highest BCUT2D eigenvalue weighted by Crippen LogP contribution is 2.25. The lowest BCUT2D eigenvalue weighted by Gasteiger charge is -2.06. The van der Waals surface area contributed by atoms with Crippen molar-refractivity contribution in [1.29, 1.82) is 0 Å². The normalized spacial score (nSPS) is 10.8. The summed E-state index contributed by atoms with van der Waals surface area (Å²) in [5.74, 6) is 0.875. The maximum Gasteiger partial charge on any atom is 0.255 e. The first kappa shape index (κ1) is 15.1. The average Bonchev–Trinajstić information content (AvgIpc) is 2.87. The molecule has 1 amide bonds. The molecule has 0 aliphatic carbocycles. The zero-order valence-electron chi connectivity index (χ0n) is 12.4. The van der Waals surface area contributed by atoms with Gasteiger partial charge in [0.2, 0.25) is 0 Å². The van der Waals surface area contributed by atoms with Crippen LogP contribution in [0, 0.1) is 6.92 Å². The Labute approximate surface area is 137 Å². The summed E-state index contributed by atoms with van der Waals surface area (Å²) in [6, 6.07) is 13.5. The molecular weight excluding hydrogens is 312 g/mol. The molecule has 0 aliphatic heterocycles. The number of thioether (sulfide) groups is 1. The van der Waals surface area contributed by atoms with Gasteiger partial charge in [0.15, 0.2) is 0 Å². The van der Waals surface area contributed by atoms with Crippen molar-refractivity contribution in [3.05, 3.63) is 58.6 Å². The van der Waals surface area contributed by atoms with Gasteiger partial charge in [-0.05, 0) is 49.1 Å². The fourth-order valence-corrected chi connectivity index (χ4v) is 3.63. The summed E-state index contributed by atoms with van der Waals surface area (Å²) < 4.78 is 1.09. The van der Waals surface area contributed by atoms with E-state index in [2.05, 4.69) is 16.6 Å². The lowest BCUT2D eigenvalue weighted by Crippen LogP contribution is -2.11. The lowest BCUT2D eigenvalue weighted by molar-refractivity contribution is 0.102. The number of aryl methyl sites for hydroxylation is 1. The number of aromatic nitrogens is 1. The maximum absolute atomic E-state index is 12.3. The van der Waals surface area contributed by atoms with Crippen molar-refractivity contribution in [3.8, 4) is 0 Å². The molecule has 5 heteroatoms. The molecule has 1 N–H and O–H groups in total. The topological polar surface area (TPSA) is 42.0 Å². The number of rotatable bonds is 4. The van der Waals surface area contributed by atoms with Crippen LogP contribution < -0.4 is 5.32 Å². The molecule has 3 rings (SSSR count). The fourth-order valence-electron chi connectivity index (χ4n) is 2.24. The number of carbonyl (C=O) groups is 1. The van der Waals surface area contributed by atoms with Crippen LogP contribution in [-0.2, 0) is 5.75 Å². The van der Waals surface area contributed by atoms with Gasteiger partial charge < -0.3 is 5.32 Å². The van der Waals surface area contributed by atoms with Gasteiger partial charge in [0.1, 0.15) is 0 Å². The highest BCUT2D eigenvalue weighted by molar-refractivity contribution is 7.97. The number of benzene rings is 2. The molecule has 0 atom stereocenters. The van der Waals surface area contributed by atoms with Crippen molar-refractivity contribution in [1.82, 2.24) is 4.98 Å². The van der Waals surface area contributed by atoms with E-state index in [9.17, 15) is 4.79 Å². The second-order valence-electron chi connectivity index (χ2n) is 5.00. The molecule has 0 fully saturated rings. The van der Waals surface area contributed by atoms with Gasteiger partial charge in [-0.15, -0.1) is 11.3 Å². The Hall–Kier alpha value is -1.85. The van der Waals surface area contributed by atoms with Gasteiger partial charge in [0.25, 0.3) is 5.91 Å². The zero-order valence-corrected chi connectivity index (χ0v) is 14.1. The minimum Gasteiger partial charge on any atom is -0.322 e. The second kappa shape index (κ2) is 6.50. The fraction of sp³-hybridized carbons (Fsp3) is 0.176. The van der Waals surface area contributed by atoms with Crippen LogP contribution in [0.5, 0.6) is 0 Å². The summed E-state index contributed by atoms with van der Waals surface area (Å²) in [5.41, 5.74) is 3.67. The van der Waals surface area contributed by atoms with Crippen molar-refractivity contribution < 1.29 is 4.79 Å². The molecule has 0 saturated carbocycles. The van der Waals surface area contributed by atoms with Gasteiger partial charge in [-0.2, -0.15) is 11.8 Å². The number of amides is 1. The summed E-state index contributed by atoms with van der Waals surface area (Å²) in [6.07, 6.45) is 2.07. The molecule has 1 aromatic heterocycles. The molecule has 112 valence electrons. The quantitative estimate of drug-likeness (QED) is 0.753. The molecular formula is C17H16N2OS2. The van der Waals surface area contributed by atoms with Crippen LogP contribution in [0.15, 0.2) is 42.5 Å². The van der Waals surface area contributed by atoms with Crippen molar-refractivity contribution in [2.45, 2.75) is 12.7 Å². The maximum atomic E-state index is 12.3. The van der Waals surface area contributed by atoms with Crippen molar-refractivity contribution in [2.24, 2.45) is 0 Å². The lowest BCUT2D eigenvalue weighted by atomic mass is 10.1. The number of thiazole rings is 1. The van der Waals surface area contributed by atoms with Crippen LogP contribution >= 0.6 is 23.1 Å². The summed E-state index contributed by atoms with van der Waals surface area (Å²) in [4.78, 5) is 16.7. The van der Waals surface area contributed by atoms with Gasteiger partial charge >= 0.3 is 0 Å². The van der Waals surface area contributed by atoms with E-state index in [1.165, 1.54) is 5.56 Å². The Balaban J connectivity index is 1.76. The molecule has 1 heterocycles. The standard InChI is InChI=1S/C17H16N2OS2/c1-11-18-15-8-7-14(9-16(15)22-11)19-17(20)13-5-3-12(4-6-13)10-21-2/h3-9H,10H2,1-2H3,(H,19,20). The van der Waals surface area contributed by atoms with Crippen LogP contribution in [0.25, 0.3) is 10.2 Å². The van der Waals surface area contributed by atoms with Gasteiger partial charge in [0.05, 0.1) is 15.2 Å². The van der Waals surface area contributed by atoms with Gasteiger partial charge in [0, 0.05) is 17.0 Å². The van der Waals surface area contributed by atoms with E-state index in [4.69, 9.17) is 0 Å². The predicted octanol–water partition coefficient (Wildman–Crippen LogP) is 4.72. The molecule has 0 radical (unpaired) electrons. The number of nitrogens with one attached hydrogen (secondary N) is 1. The second-order valence-corrected chi connectivity index (χ2v) is 7.10. The highest BCUT2D eigenvalue weighted by Gasteiger charge is 2.08. The SMILES string of the molecule is CSCc1ccc(C(=O)Nc2ccc3nc(C)sc3c2)cc1. The minimum atomic E-state index is -0.0868. The number of hydrogen-bond donors (Lipinski definition) is 1. The van der Waals surface area contributed by atoms with E-state index < -0.39 is 0 Å². The van der Waals surface area contributed by atoms with Crippen molar-refractivity contribution in [2.75, 3.05) is 11.6 Å². The van der Waals surface area contributed by atoms with E-state index in [0.717, 1.165) is 26.7 Å². The Morgan fingerprint density at radius 1 is 1.23 bits per heavy atom. The third kappa shape index (κ3) is 3.31. The van der Waals surface area contributed by atoms with Crippen molar-refractivity contribution >= 4 is 44.9 Å². The number of hydrogen-bond acceptors (Lipinski definition) is 4. The Morgan fingerprint density at radius 2 is 2.00 bits per heavy atom. The third-order valence-corrected chi connectivity index (χ3v) is 4.84.